The number of carbonyl (C=O) groups is 6. The van der Waals surface area contributed by atoms with E-state index in [1.54, 1.807) is 57.2 Å². The average Bonchev–Trinajstić information content (AvgIpc) is 3.30. The van der Waals surface area contributed by atoms with Gasteiger partial charge in [0.1, 0.15) is 11.5 Å². The van der Waals surface area contributed by atoms with Crippen molar-refractivity contribution in [3.8, 4) is 11.5 Å². The zero-order valence-electron chi connectivity index (χ0n) is 37.7. The van der Waals surface area contributed by atoms with Gasteiger partial charge in [-0.3, -0.25) is 28.8 Å². The molecule has 4 amide bonds. The van der Waals surface area contributed by atoms with E-state index >= 15 is 0 Å². The van der Waals surface area contributed by atoms with Crippen LogP contribution in [0.5, 0.6) is 11.5 Å². The maximum atomic E-state index is 13.6. The highest BCUT2D eigenvalue weighted by molar-refractivity contribution is 6.32. The van der Waals surface area contributed by atoms with Gasteiger partial charge in [-0.05, 0) is 107 Å². The van der Waals surface area contributed by atoms with E-state index in [0.717, 1.165) is 13.8 Å². The number of azo groups is 2. The van der Waals surface area contributed by atoms with E-state index in [4.69, 9.17) is 67.5 Å². The normalized spacial score (nSPS) is 12.5. The fourth-order valence-electron chi connectivity index (χ4n) is 6.50. The zero-order chi connectivity index (χ0) is 50.4. The fourth-order valence-corrected chi connectivity index (χ4v) is 7.56. The lowest BCUT2D eigenvalue weighted by molar-refractivity contribution is -0.127. The maximum absolute atomic E-state index is 13.6. The van der Waals surface area contributed by atoms with Crippen LogP contribution in [-0.2, 0) is 30.9 Å². The Hall–Kier alpha value is -6.43. The predicted molar refractivity (Wildman–Crippen MR) is 269 cm³/mol. The number of ketones is 2. The number of alkyl halides is 3. The Bertz CT molecular complexity index is 2820. The van der Waals surface area contributed by atoms with Gasteiger partial charge in [0.25, 0.3) is 23.6 Å². The number of anilines is 4. The average molecular weight is 1040 g/mol. The van der Waals surface area contributed by atoms with Gasteiger partial charge < -0.3 is 30.7 Å². The summed E-state index contributed by atoms with van der Waals surface area (Å²) in [6.45, 7) is 8.19. The lowest BCUT2D eigenvalue weighted by Gasteiger charge is -2.17. The molecule has 4 N–H and O–H groups in total. The number of halogens is 5. The van der Waals surface area contributed by atoms with Gasteiger partial charge in [0.15, 0.2) is 11.6 Å². The van der Waals surface area contributed by atoms with Crippen LogP contribution in [0.2, 0.25) is 10.0 Å². The third kappa shape index (κ3) is 14.5. The molecule has 0 aliphatic carbocycles. The van der Waals surface area contributed by atoms with Crippen molar-refractivity contribution in [1.82, 2.24) is 0 Å². The second-order valence-electron chi connectivity index (χ2n) is 14.9. The second kappa shape index (κ2) is 25.3. The zero-order valence-corrected chi connectivity index (χ0v) is 41.4. The molecule has 0 aromatic heterocycles. The van der Waals surface area contributed by atoms with E-state index < -0.39 is 52.7 Å². The minimum Gasteiger partial charge on any atom is -0.491 e. The SMILES string of the molecule is CCOc1c(CCl)cccc1NC(=O)c1cc(Cl)cc(N=NC(C(C)=O)C(=O)Nc2ccc(NC(=O)C(N=Nc3cc(Cl)cc(C(=O)Nc4cccc(CCl)c4OCC)c3)C(C)=O)c(C(C)Cl)c2)c1. The van der Waals surface area contributed by atoms with Crippen molar-refractivity contribution in [2.24, 2.45) is 20.5 Å². The lowest BCUT2D eigenvalue weighted by Crippen LogP contribution is -2.32. The summed E-state index contributed by atoms with van der Waals surface area (Å²) in [5, 5.41) is 26.5. The quantitative estimate of drug-likeness (QED) is 0.0314. The minimum atomic E-state index is -1.64. The van der Waals surface area contributed by atoms with Crippen molar-refractivity contribution >= 4 is 127 Å². The van der Waals surface area contributed by atoms with Crippen LogP contribution < -0.4 is 30.7 Å². The molecular weight excluding hydrogens is 994 g/mol. The van der Waals surface area contributed by atoms with E-state index in [1.807, 2.05) is 0 Å². The van der Waals surface area contributed by atoms with Gasteiger partial charge in [-0.25, -0.2) is 0 Å². The van der Waals surface area contributed by atoms with E-state index in [1.165, 1.54) is 54.6 Å². The maximum Gasteiger partial charge on any atom is 0.258 e. The number of nitrogens with zero attached hydrogens (tertiary/aromatic N) is 4. The van der Waals surface area contributed by atoms with Gasteiger partial charge in [-0.1, -0.05) is 47.5 Å². The molecule has 21 heteroatoms. The van der Waals surface area contributed by atoms with Crippen molar-refractivity contribution in [1.29, 1.82) is 0 Å². The molecule has 3 atom stereocenters. The third-order valence-electron chi connectivity index (χ3n) is 9.69. The molecule has 0 aliphatic rings. The lowest BCUT2D eigenvalue weighted by atomic mass is 10.1. The van der Waals surface area contributed by atoms with Crippen LogP contribution in [-0.4, -0.2) is 60.5 Å². The van der Waals surface area contributed by atoms with Crippen molar-refractivity contribution in [3.63, 3.8) is 0 Å². The first-order valence-corrected chi connectivity index (χ1v) is 23.3. The molecular formula is C48H45Cl5N8O8. The minimum absolute atomic E-state index is 0.0758. The summed E-state index contributed by atoms with van der Waals surface area (Å²) in [5.41, 5.74) is 3.17. The van der Waals surface area contributed by atoms with Crippen molar-refractivity contribution < 1.29 is 38.2 Å². The summed E-state index contributed by atoms with van der Waals surface area (Å²) in [6, 6.07) is 19.7. The van der Waals surface area contributed by atoms with Crippen LogP contribution in [0.25, 0.3) is 0 Å². The highest BCUT2D eigenvalue weighted by atomic mass is 35.5. The number of para-hydroxylation sites is 2. The van der Waals surface area contributed by atoms with E-state index in [0.29, 0.717) is 52.8 Å². The summed E-state index contributed by atoms with van der Waals surface area (Å²) in [6.07, 6.45) is 0. The number of carbonyl (C=O) groups excluding carboxylic acids is 6. The highest BCUT2D eigenvalue weighted by Crippen LogP contribution is 2.34. The molecule has 0 bridgehead atoms. The molecule has 69 heavy (non-hydrogen) atoms. The number of rotatable bonds is 21. The first kappa shape index (κ1) is 53.5. The Morgan fingerprint density at radius 1 is 0.580 bits per heavy atom. The Labute approximate surface area is 422 Å². The van der Waals surface area contributed by atoms with Gasteiger partial charge in [0.05, 0.1) is 53.1 Å². The van der Waals surface area contributed by atoms with Crippen molar-refractivity contribution in [3.05, 3.63) is 129 Å². The monoisotopic (exact) mass is 1040 g/mol. The molecule has 0 heterocycles. The highest BCUT2D eigenvalue weighted by Gasteiger charge is 2.27. The predicted octanol–water partition coefficient (Wildman–Crippen LogP) is 12.4. The Morgan fingerprint density at radius 3 is 1.43 bits per heavy atom. The largest absolute Gasteiger partial charge is 0.491 e. The van der Waals surface area contributed by atoms with E-state index in [9.17, 15) is 28.8 Å². The number of hydrogen-bond acceptors (Lipinski definition) is 12. The summed E-state index contributed by atoms with van der Waals surface area (Å²) in [7, 11) is 0. The van der Waals surface area contributed by atoms with E-state index in [-0.39, 0.29) is 55.7 Å². The first-order chi connectivity index (χ1) is 33.0. The molecule has 0 spiro atoms. The number of ether oxygens (including phenoxy) is 2. The molecule has 5 aromatic rings. The summed E-state index contributed by atoms with van der Waals surface area (Å²) in [4.78, 5) is 79.2. The Morgan fingerprint density at radius 2 is 1.03 bits per heavy atom. The van der Waals surface area contributed by atoms with Crippen molar-refractivity contribution in [2.45, 2.75) is 63.8 Å². The van der Waals surface area contributed by atoms with E-state index in [2.05, 4.69) is 41.7 Å². The second-order valence-corrected chi connectivity index (χ2v) is 16.9. The summed E-state index contributed by atoms with van der Waals surface area (Å²) in [5.74, 6) is -2.97. The standard InChI is InChI=1S/C48H45Cl5N8O8/c1-6-68-43-28(23-49)10-8-12-39(43)56-45(64)30-16-32(52)20-35(18-30)58-60-41(26(4)62)47(66)54-34-14-15-38(37(22-34)25(3)51)55-48(67)42(27(5)63)61-59-36-19-31(17-33(53)21-36)46(65)57-40-13-9-11-29(24-50)44(40)69-7-2/h8-22,25,41-42H,6-7,23-24H2,1-5H3,(H,54,66)(H,55,67)(H,56,64)(H,57,65). The van der Waals surface area contributed by atoms with Gasteiger partial charge in [-0.15, -0.1) is 34.8 Å². The van der Waals surface area contributed by atoms with Crippen LogP contribution in [0.15, 0.2) is 111 Å². The fraction of sp³-hybridized carbons (Fsp3) is 0.250. The molecule has 5 aromatic carbocycles. The molecule has 0 aliphatic heterocycles. The van der Waals surface area contributed by atoms with Crippen LogP contribution in [0, 0.1) is 0 Å². The number of benzene rings is 5. The Kier molecular flexibility index (Phi) is 19.6. The van der Waals surface area contributed by atoms with Crippen LogP contribution >= 0.6 is 58.0 Å². The third-order valence-corrected chi connectivity index (χ3v) is 10.9. The molecule has 5 rings (SSSR count). The molecule has 360 valence electrons. The van der Waals surface area contributed by atoms with Crippen LogP contribution in [0.4, 0.5) is 34.1 Å². The Balaban J connectivity index is 1.29. The van der Waals surface area contributed by atoms with Crippen molar-refractivity contribution in [2.75, 3.05) is 34.5 Å². The van der Waals surface area contributed by atoms with Gasteiger partial charge in [0, 0.05) is 43.7 Å². The topological polar surface area (TPSA) is 218 Å². The molecule has 3 unspecified atom stereocenters. The molecule has 0 saturated carbocycles. The molecule has 16 nitrogen and oxygen atoms in total. The molecule has 0 radical (unpaired) electrons. The smallest absolute Gasteiger partial charge is 0.258 e. The van der Waals surface area contributed by atoms with Gasteiger partial charge >= 0.3 is 0 Å². The van der Waals surface area contributed by atoms with Crippen LogP contribution in [0.3, 0.4) is 0 Å². The van der Waals surface area contributed by atoms with Gasteiger partial charge in [0.2, 0.25) is 12.1 Å². The summed E-state index contributed by atoms with van der Waals surface area (Å²) < 4.78 is 11.4. The molecule has 0 saturated heterocycles. The first-order valence-electron chi connectivity index (χ1n) is 21.0. The molecule has 0 fully saturated rings. The number of hydrogen-bond donors (Lipinski definition) is 4. The van der Waals surface area contributed by atoms with Crippen LogP contribution in [0.1, 0.15) is 77.4 Å². The van der Waals surface area contributed by atoms with Gasteiger partial charge in [-0.2, -0.15) is 20.5 Å². The number of nitrogens with one attached hydrogen (secondary N) is 4. The number of Topliss-reactive ketones (excluding diaryl/α,β-unsaturated/α-hetero) is 2. The number of amides is 4. The summed E-state index contributed by atoms with van der Waals surface area (Å²) >= 11 is 31.3.